The number of amides is 3. The predicted octanol–water partition coefficient (Wildman–Crippen LogP) is 4.28. The van der Waals surface area contributed by atoms with Crippen molar-refractivity contribution in [3.63, 3.8) is 0 Å². The van der Waals surface area contributed by atoms with E-state index in [9.17, 15) is 18.8 Å². The Labute approximate surface area is 231 Å². The quantitative estimate of drug-likeness (QED) is 0.328. The number of benzene rings is 3. The molecule has 2 aliphatic heterocycles. The molecule has 6 rings (SSSR count). The lowest BCUT2D eigenvalue weighted by Crippen LogP contribution is -2.57. The number of para-hydroxylation sites is 1. The fourth-order valence-electron chi connectivity index (χ4n) is 6.05. The summed E-state index contributed by atoms with van der Waals surface area (Å²) in [6.07, 6.45) is 0.809. The summed E-state index contributed by atoms with van der Waals surface area (Å²) in [4.78, 5) is 45.9. The Morgan fingerprint density at radius 2 is 1.82 bits per heavy atom. The summed E-state index contributed by atoms with van der Waals surface area (Å²) in [5.74, 6) is -1.37. The van der Waals surface area contributed by atoms with Crippen LogP contribution in [0, 0.1) is 11.7 Å². The number of nitrogens with one attached hydrogen (secondary N) is 3. The zero-order valence-corrected chi connectivity index (χ0v) is 22.4. The predicted molar refractivity (Wildman–Crippen MR) is 150 cm³/mol. The van der Waals surface area contributed by atoms with Gasteiger partial charge in [0.15, 0.2) is 0 Å². The number of aromatic nitrogens is 1. The Bertz CT molecular complexity index is 1630. The van der Waals surface area contributed by atoms with Gasteiger partial charge in [-0.2, -0.15) is 0 Å². The average Bonchev–Trinajstić information content (AvgIpc) is 3.46. The molecule has 204 valence electrons. The minimum Gasteiger partial charge on any atom is -0.356 e. The smallest absolute Gasteiger partial charge is 0.255 e. The number of fused-ring (bicyclic) bond motifs is 7. The third-order valence-corrected chi connectivity index (χ3v) is 8.00. The van der Waals surface area contributed by atoms with E-state index in [0.717, 1.165) is 33.3 Å². The van der Waals surface area contributed by atoms with Gasteiger partial charge in [-0.15, -0.1) is 0 Å². The third kappa shape index (κ3) is 4.43. The highest BCUT2D eigenvalue weighted by atomic mass is 19.1. The first-order valence-corrected chi connectivity index (χ1v) is 13.7. The fourth-order valence-corrected chi connectivity index (χ4v) is 6.05. The first kappa shape index (κ1) is 25.8. The Hall–Kier alpha value is -4.46. The highest BCUT2D eigenvalue weighted by molar-refractivity contribution is 6.04. The van der Waals surface area contributed by atoms with Gasteiger partial charge in [-0.3, -0.25) is 14.4 Å². The molecule has 0 bridgehead atoms. The van der Waals surface area contributed by atoms with Gasteiger partial charge in [0.1, 0.15) is 17.9 Å². The maximum Gasteiger partial charge on any atom is 0.255 e. The van der Waals surface area contributed by atoms with Gasteiger partial charge in [-0.1, -0.05) is 62.4 Å². The molecular formula is C32H31FN4O3. The van der Waals surface area contributed by atoms with E-state index < -0.39 is 18.1 Å². The lowest BCUT2D eigenvalue weighted by atomic mass is 9.89. The van der Waals surface area contributed by atoms with E-state index in [1.165, 1.54) is 12.1 Å². The van der Waals surface area contributed by atoms with Crippen LogP contribution < -0.4 is 10.6 Å². The van der Waals surface area contributed by atoms with E-state index in [2.05, 4.69) is 15.6 Å². The number of carbonyl (C=O) groups excluding carboxylic acids is 3. The Kier molecular flexibility index (Phi) is 6.62. The second kappa shape index (κ2) is 10.3. The summed E-state index contributed by atoms with van der Waals surface area (Å²) in [5.41, 5.74) is 5.14. The van der Waals surface area contributed by atoms with Crippen molar-refractivity contribution in [1.82, 2.24) is 20.5 Å². The van der Waals surface area contributed by atoms with Crippen LogP contribution in [0.4, 0.5) is 4.39 Å². The van der Waals surface area contributed by atoms with Gasteiger partial charge in [-0.05, 0) is 53.3 Å². The molecule has 0 fully saturated rings. The van der Waals surface area contributed by atoms with Gasteiger partial charge in [0.2, 0.25) is 11.8 Å². The van der Waals surface area contributed by atoms with E-state index in [1.54, 1.807) is 23.1 Å². The number of carbonyl (C=O) groups is 3. The molecule has 7 nitrogen and oxygen atoms in total. The molecule has 3 N–H and O–H groups in total. The number of H-pyrrole nitrogens is 1. The number of hydrogen-bond acceptors (Lipinski definition) is 3. The van der Waals surface area contributed by atoms with E-state index >= 15 is 0 Å². The third-order valence-electron chi connectivity index (χ3n) is 8.00. The van der Waals surface area contributed by atoms with E-state index in [4.69, 9.17) is 0 Å². The largest absolute Gasteiger partial charge is 0.356 e. The van der Waals surface area contributed by atoms with Crippen LogP contribution in [0.1, 0.15) is 52.6 Å². The molecule has 8 heteroatoms. The Morgan fingerprint density at radius 1 is 1.05 bits per heavy atom. The van der Waals surface area contributed by atoms with Gasteiger partial charge in [0, 0.05) is 35.1 Å². The number of hydrogen-bond donors (Lipinski definition) is 3. The minimum absolute atomic E-state index is 0.187. The summed E-state index contributed by atoms with van der Waals surface area (Å²) in [6.45, 7) is 4.05. The summed E-state index contributed by atoms with van der Waals surface area (Å²) in [6, 6.07) is 19.7. The average molecular weight is 539 g/mol. The maximum absolute atomic E-state index is 13.9. The monoisotopic (exact) mass is 538 g/mol. The highest BCUT2D eigenvalue weighted by Crippen LogP contribution is 2.46. The van der Waals surface area contributed by atoms with Crippen LogP contribution in [-0.2, 0) is 22.4 Å². The summed E-state index contributed by atoms with van der Waals surface area (Å²) < 4.78 is 13.5. The number of aromatic amines is 1. The molecule has 0 aliphatic carbocycles. The van der Waals surface area contributed by atoms with Crippen molar-refractivity contribution in [3.8, 4) is 0 Å². The van der Waals surface area contributed by atoms with Crippen LogP contribution >= 0.6 is 0 Å². The van der Waals surface area contributed by atoms with Crippen LogP contribution in [0.5, 0.6) is 0 Å². The van der Waals surface area contributed by atoms with Crippen LogP contribution in [0.3, 0.4) is 0 Å². The molecular weight excluding hydrogens is 507 g/mol. The molecule has 3 amide bonds. The zero-order chi connectivity index (χ0) is 28.0. The maximum atomic E-state index is 13.9. The second-order valence-corrected chi connectivity index (χ2v) is 10.9. The van der Waals surface area contributed by atoms with Crippen molar-refractivity contribution in [2.24, 2.45) is 5.92 Å². The molecule has 2 aliphatic rings. The van der Waals surface area contributed by atoms with Crippen molar-refractivity contribution < 1.29 is 18.8 Å². The normalized spacial score (nSPS) is 18.3. The van der Waals surface area contributed by atoms with Crippen LogP contribution in [0.15, 0.2) is 72.8 Å². The fraction of sp³-hybridized carbons (Fsp3) is 0.281. The van der Waals surface area contributed by atoms with E-state index in [0.29, 0.717) is 24.9 Å². The second-order valence-electron chi connectivity index (χ2n) is 10.9. The molecule has 1 aromatic heterocycles. The van der Waals surface area contributed by atoms with Crippen LogP contribution in [0.25, 0.3) is 10.9 Å². The van der Waals surface area contributed by atoms with Gasteiger partial charge in [0.25, 0.3) is 5.91 Å². The summed E-state index contributed by atoms with van der Waals surface area (Å²) >= 11 is 0. The molecule has 3 aromatic carbocycles. The van der Waals surface area contributed by atoms with Gasteiger partial charge in [-0.25, -0.2) is 4.39 Å². The molecule has 3 heterocycles. The Balaban J connectivity index is 1.26. The number of halogens is 1. The summed E-state index contributed by atoms with van der Waals surface area (Å²) in [5, 5.41) is 6.87. The van der Waals surface area contributed by atoms with Crippen molar-refractivity contribution >= 4 is 28.6 Å². The van der Waals surface area contributed by atoms with E-state index in [1.807, 2.05) is 56.3 Å². The standard InChI is InChI=1S/C32H31FN4O3/c1-18(2)27(31(39)34-15-14-19-8-7-9-20(33)16-19)36-30(38)26-17-24-21-10-5-6-13-25(21)35-28(24)29-22-11-3-4-12-23(22)32(40)37(26)29/h3-13,16,18,26-27,29,35H,14-15,17H2,1-2H3,(H,34,39)(H,36,38). The lowest BCUT2D eigenvalue weighted by Gasteiger charge is -2.38. The molecule has 3 unspecified atom stereocenters. The van der Waals surface area contributed by atoms with E-state index in [-0.39, 0.29) is 29.5 Å². The molecule has 0 saturated heterocycles. The van der Waals surface area contributed by atoms with Crippen molar-refractivity contribution in [3.05, 3.63) is 107 Å². The summed E-state index contributed by atoms with van der Waals surface area (Å²) in [7, 11) is 0. The van der Waals surface area contributed by atoms with Gasteiger partial charge >= 0.3 is 0 Å². The first-order chi connectivity index (χ1) is 19.3. The minimum atomic E-state index is -0.789. The van der Waals surface area contributed by atoms with Crippen molar-refractivity contribution in [1.29, 1.82) is 0 Å². The topological polar surface area (TPSA) is 94.3 Å². The molecule has 0 spiro atoms. The zero-order valence-electron chi connectivity index (χ0n) is 22.4. The molecule has 4 aromatic rings. The molecule has 3 atom stereocenters. The highest BCUT2D eigenvalue weighted by Gasteiger charge is 2.49. The van der Waals surface area contributed by atoms with Crippen LogP contribution in [0.2, 0.25) is 0 Å². The molecule has 0 saturated carbocycles. The van der Waals surface area contributed by atoms with Crippen LogP contribution in [-0.4, -0.2) is 46.2 Å². The van der Waals surface area contributed by atoms with Gasteiger partial charge < -0.3 is 20.5 Å². The van der Waals surface area contributed by atoms with Crippen molar-refractivity contribution in [2.75, 3.05) is 6.54 Å². The molecule has 40 heavy (non-hydrogen) atoms. The SMILES string of the molecule is CC(C)C(NC(=O)C1Cc2c([nH]c3ccccc23)C2c3ccccc3C(=O)N12)C(=O)NCCc1cccc(F)c1. The lowest BCUT2D eigenvalue weighted by molar-refractivity contribution is -0.132. The molecule has 0 radical (unpaired) electrons. The number of rotatable bonds is 7. The van der Waals surface area contributed by atoms with Crippen molar-refractivity contribution in [2.45, 2.75) is 44.8 Å². The Morgan fingerprint density at radius 3 is 2.62 bits per heavy atom. The van der Waals surface area contributed by atoms with Gasteiger partial charge in [0.05, 0.1) is 6.04 Å². The number of nitrogens with zero attached hydrogens (tertiary/aromatic N) is 1. The first-order valence-electron chi connectivity index (χ1n) is 13.7.